The van der Waals surface area contributed by atoms with Gasteiger partial charge in [0.25, 0.3) is 0 Å². The van der Waals surface area contributed by atoms with Crippen LogP contribution in [0.4, 0.5) is 0 Å². The first kappa shape index (κ1) is 10.0. The van der Waals surface area contributed by atoms with E-state index in [4.69, 9.17) is 0 Å². The van der Waals surface area contributed by atoms with Gasteiger partial charge in [0.15, 0.2) is 0 Å². The van der Waals surface area contributed by atoms with Gasteiger partial charge < -0.3 is 10.2 Å². The van der Waals surface area contributed by atoms with Crippen molar-refractivity contribution in [3.05, 3.63) is 0 Å². The van der Waals surface area contributed by atoms with Crippen molar-refractivity contribution < 1.29 is 0 Å². The molecule has 0 radical (unpaired) electrons. The molecule has 0 amide bonds. The molecule has 0 atom stereocenters. The lowest BCUT2D eigenvalue weighted by atomic mass is 10.1. The highest BCUT2D eigenvalue weighted by molar-refractivity contribution is 4.67. The van der Waals surface area contributed by atoms with Gasteiger partial charge in [-0.1, -0.05) is 13.8 Å². The van der Waals surface area contributed by atoms with E-state index >= 15 is 0 Å². The fourth-order valence-electron chi connectivity index (χ4n) is 1.66. The SMILES string of the molecule is CC(C)CCCN1CCNCC1. The topological polar surface area (TPSA) is 15.3 Å². The maximum absolute atomic E-state index is 3.37. The third-order valence-corrected chi connectivity index (χ3v) is 2.47. The molecule has 1 N–H and O–H groups in total. The maximum Gasteiger partial charge on any atom is 0.0107 e. The van der Waals surface area contributed by atoms with Gasteiger partial charge in [-0.15, -0.1) is 0 Å². The Labute approximate surface area is 76.3 Å². The maximum atomic E-state index is 3.37. The third kappa shape index (κ3) is 4.07. The van der Waals surface area contributed by atoms with Crippen LogP contribution in [0.25, 0.3) is 0 Å². The smallest absolute Gasteiger partial charge is 0.0107 e. The van der Waals surface area contributed by atoms with E-state index in [1.54, 1.807) is 0 Å². The molecule has 2 nitrogen and oxygen atoms in total. The number of hydrogen-bond donors (Lipinski definition) is 1. The summed E-state index contributed by atoms with van der Waals surface area (Å²) >= 11 is 0. The van der Waals surface area contributed by atoms with E-state index in [1.165, 1.54) is 45.6 Å². The molecule has 1 aliphatic rings. The quantitative estimate of drug-likeness (QED) is 0.684. The zero-order chi connectivity index (χ0) is 8.81. The summed E-state index contributed by atoms with van der Waals surface area (Å²) in [6.07, 6.45) is 2.75. The monoisotopic (exact) mass is 170 g/mol. The number of hydrogen-bond acceptors (Lipinski definition) is 2. The number of rotatable bonds is 4. The zero-order valence-corrected chi connectivity index (χ0v) is 8.47. The van der Waals surface area contributed by atoms with Crippen LogP contribution in [0.5, 0.6) is 0 Å². The fraction of sp³-hybridized carbons (Fsp3) is 1.00. The van der Waals surface area contributed by atoms with Crippen LogP contribution in [0.2, 0.25) is 0 Å². The summed E-state index contributed by atoms with van der Waals surface area (Å²) in [6.45, 7) is 10.8. The summed E-state index contributed by atoms with van der Waals surface area (Å²) in [7, 11) is 0. The van der Waals surface area contributed by atoms with E-state index < -0.39 is 0 Å². The molecule has 12 heavy (non-hydrogen) atoms. The van der Waals surface area contributed by atoms with Gasteiger partial charge >= 0.3 is 0 Å². The molecular formula is C10H22N2. The molecule has 0 aromatic heterocycles. The zero-order valence-electron chi connectivity index (χ0n) is 8.47. The lowest BCUT2D eigenvalue weighted by molar-refractivity contribution is 0.233. The molecule has 72 valence electrons. The van der Waals surface area contributed by atoms with E-state index in [1.807, 2.05) is 0 Å². The fourth-order valence-corrected chi connectivity index (χ4v) is 1.66. The van der Waals surface area contributed by atoms with Crippen molar-refractivity contribution in [1.82, 2.24) is 10.2 Å². The Morgan fingerprint density at radius 1 is 1.25 bits per heavy atom. The molecule has 1 rings (SSSR count). The normalized spacial score (nSPS) is 20.2. The van der Waals surface area contributed by atoms with Crippen LogP contribution in [0.1, 0.15) is 26.7 Å². The lowest BCUT2D eigenvalue weighted by Gasteiger charge is -2.27. The highest BCUT2D eigenvalue weighted by Crippen LogP contribution is 2.05. The highest BCUT2D eigenvalue weighted by Gasteiger charge is 2.08. The number of nitrogens with zero attached hydrogens (tertiary/aromatic N) is 1. The van der Waals surface area contributed by atoms with Crippen molar-refractivity contribution in [3.63, 3.8) is 0 Å². The molecule has 0 spiro atoms. The highest BCUT2D eigenvalue weighted by atomic mass is 15.2. The summed E-state index contributed by atoms with van der Waals surface area (Å²) in [4.78, 5) is 2.57. The minimum absolute atomic E-state index is 0.868. The Morgan fingerprint density at radius 3 is 2.50 bits per heavy atom. The van der Waals surface area contributed by atoms with Crippen molar-refractivity contribution in [3.8, 4) is 0 Å². The first-order chi connectivity index (χ1) is 5.79. The average molecular weight is 170 g/mol. The molecule has 1 aliphatic heterocycles. The van der Waals surface area contributed by atoms with Gasteiger partial charge in [-0.3, -0.25) is 0 Å². The molecule has 0 bridgehead atoms. The summed E-state index contributed by atoms with van der Waals surface area (Å²) in [6, 6.07) is 0. The summed E-state index contributed by atoms with van der Waals surface area (Å²) in [5, 5.41) is 3.37. The first-order valence-corrected chi connectivity index (χ1v) is 5.22. The molecule has 0 saturated carbocycles. The number of nitrogens with one attached hydrogen (secondary N) is 1. The van der Waals surface area contributed by atoms with Gasteiger partial charge in [-0.25, -0.2) is 0 Å². The van der Waals surface area contributed by atoms with Gasteiger partial charge in [-0.05, 0) is 25.3 Å². The Hall–Kier alpha value is -0.0800. The number of piperazine rings is 1. The van der Waals surface area contributed by atoms with Crippen LogP contribution < -0.4 is 5.32 Å². The van der Waals surface area contributed by atoms with E-state index in [0.717, 1.165) is 5.92 Å². The molecule has 0 aliphatic carbocycles. The summed E-state index contributed by atoms with van der Waals surface area (Å²) in [5.41, 5.74) is 0. The van der Waals surface area contributed by atoms with Crippen molar-refractivity contribution in [2.75, 3.05) is 32.7 Å². The second-order valence-corrected chi connectivity index (χ2v) is 4.13. The molecule has 0 unspecified atom stereocenters. The van der Waals surface area contributed by atoms with Crippen molar-refractivity contribution in [2.24, 2.45) is 5.92 Å². The predicted molar refractivity (Wildman–Crippen MR) is 53.4 cm³/mol. The van der Waals surface area contributed by atoms with Crippen LogP contribution in [0, 0.1) is 5.92 Å². The van der Waals surface area contributed by atoms with Gasteiger partial charge in [0, 0.05) is 26.2 Å². The summed E-state index contributed by atoms with van der Waals surface area (Å²) in [5.74, 6) is 0.868. The largest absolute Gasteiger partial charge is 0.314 e. The van der Waals surface area contributed by atoms with E-state index in [-0.39, 0.29) is 0 Å². The Kier molecular flexibility index (Phi) is 4.62. The second kappa shape index (κ2) is 5.55. The molecule has 1 saturated heterocycles. The van der Waals surface area contributed by atoms with E-state index in [9.17, 15) is 0 Å². The Balaban J connectivity index is 1.98. The second-order valence-electron chi connectivity index (χ2n) is 4.13. The van der Waals surface area contributed by atoms with Crippen LogP contribution in [-0.2, 0) is 0 Å². The first-order valence-electron chi connectivity index (χ1n) is 5.22. The van der Waals surface area contributed by atoms with Crippen LogP contribution in [0.15, 0.2) is 0 Å². The van der Waals surface area contributed by atoms with E-state index in [2.05, 4.69) is 24.1 Å². The molecule has 0 aromatic carbocycles. The molecular weight excluding hydrogens is 148 g/mol. The van der Waals surface area contributed by atoms with Gasteiger partial charge in [0.2, 0.25) is 0 Å². The van der Waals surface area contributed by atoms with E-state index in [0.29, 0.717) is 0 Å². The molecule has 2 heteroatoms. The molecule has 1 heterocycles. The Bertz CT molecular complexity index is 106. The average Bonchev–Trinajstić information content (AvgIpc) is 2.05. The molecule has 1 fully saturated rings. The van der Waals surface area contributed by atoms with Crippen LogP contribution in [-0.4, -0.2) is 37.6 Å². The molecule has 0 aromatic rings. The third-order valence-electron chi connectivity index (χ3n) is 2.47. The van der Waals surface area contributed by atoms with Gasteiger partial charge in [0.1, 0.15) is 0 Å². The van der Waals surface area contributed by atoms with Gasteiger partial charge in [0.05, 0.1) is 0 Å². The van der Waals surface area contributed by atoms with Gasteiger partial charge in [-0.2, -0.15) is 0 Å². The van der Waals surface area contributed by atoms with Crippen molar-refractivity contribution >= 4 is 0 Å². The predicted octanol–water partition coefficient (Wildman–Crippen LogP) is 1.33. The van der Waals surface area contributed by atoms with Crippen molar-refractivity contribution in [1.29, 1.82) is 0 Å². The lowest BCUT2D eigenvalue weighted by Crippen LogP contribution is -2.43. The Morgan fingerprint density at radius 2 is 1.92 bits per heavy atom. The minimum atomic E-state index is 0.868. The van der Waals surface area contributed by atoms with Crippen molar-refractivity contribution in [2.45, 2.75) is 26.7 Å². The standard InChI is InChI=1S/C10H22N2/c1-10(2)4-3-7-12-8-5-11-6-9-12/h10-11H,3-9H2,1-2H3. The minimum Gasteiger partial charge on any atom is -0.314 e. The van der Waals surface area contributed by atoms with Crippen LogP contribution in [0.3, 0.4) is 0 Å². The summed E-state index contributed by atoms with van der Waals surface area (Å²) < 4.78 is 0. The van der Waals surface area contributed by atoms with Crippen LogP contribution >= 0.6 is 0 Å².